The Balaban J connectivity index is 2.12. The number of nitrogens with two attached hydrogens (primary N) is 1. The minimum Gasteiger partial charge on any atom is -0.465 e. The lowest BCUT2D eigenvalue weighted by atomic mass is 10.0. The van der Waals surface area contributed by atoms with Crippen LogP contribution in [0.15, 0.2) is 55.5 Å². The molecule has 3 aromatic rings. The lowest BCUT2D eigenvalue weighted by Crippen LogP contribution is -2.51. The maximum absolute atomic E-state index is 11.9. The molecule has 0 radical (unpaired) electrons. The van der Waals surface area contributed by atoms with Crippen molar-refractivity contribution in [2.24, 2.45) is 0 Å². The second kappa shape index (κ2) is 7.34. The van der Waals surface area contributed by atoms with Gasteiger partial charge >= 0.3 is 6.09 Å². The highest BCUT2D eigenvalue weighted by atomic mass is 16.4. The zero-order chi connectivity index (χ0) is 20.5. The van der Waals surface area contributed by atoms with E-state index in [1.165, 1.54) is 11.2 Å². The largest absolute Gasteiger partial charge is 0.465 e. The van der Waals surface area contributed by atoms with Crippen molar-refractivity contribution in [1.29, 1.82) is 0 Å². The summed E-state index contributed by atoms with van der Waals surface area (Å²) >= 11 is 0. The first kappa shape index (κ1) is 19.4. The van der Waals surface area contributed by atoms with Gasteiger partial charge in [0, 0.05) is 23.8 Å². The predicted octanol–water partition coefficient (Wildman–Crippen LogP) is 4.01. The second-order valence-electron chi connectivity index (χ2n) is 7.65. The smallest absolute Gasteiger partial charge is 0.408 e. The number of rotatable bonds is 5. The first-order chi connectivity index (χ1) is 13.2. The Labute approximate surface area is 164 Å². The highest BCUT2D eigenvalue weighted by Gasteiger charge is 2.32. The van der Waals surface area contributed by atoms with Crippen LogP contribution in [0.1, 0.15) is 20.8 Å². The highest BCUT2D eigenvalue weighted by molar-refractivity contribution is 6.00. The van der Waals surface area contributed by atoms with Crippen molar-refractivity contribution in [2.45, 2.75) is 38.9 Å². The van der Waals surface area contributed by atoms with E-state index in [2.05, 4.69) is 16.5 Å². The van der Waals surface area contributed by atoms with E-state index >= 15 is 0 Å². The summed E-state index contributed by atoms with van der Waals surface area (Å²) in [7, 11) is 0. The minimum absolute atomic E-state index is 0.368. The molecule has 7 nitrogen and oxygen atoms in total. The van der Waals surface area contributed by atoms with Crippen molar-refractivity contribution in [1.82, 2.24) is 19.4 Å². The van der Waals surface area contributed by atoms with Crippen LogP contribution in [-0.2, 0) is 6.54 Å². The number of aromatic nitrogens is 3. The average Bonchev–Trinajstić information content (AvgIpc) is 3.00. The number of carbonyl (C=O) groups is 1. The highest BCUT2D eigenvalue weighted by Crippen LogP contribution is 2.33. The summed E-state index contributed by atoms with van der Waals surface area (Å²) in [6, 6.07) is 9.41. The summed E-state index contributed by atoms with van der Waals surface area (Å²) in [5, 5.41) is 10.5. The van der Waals surface area contributed by atoms with Crippen molar-refractivity contribution in [3.8, 4) is 11.1 Å². The molecule has 2 aromatic heterocycles. The molecule has 0 aliphatic rings. The Morgan fingerprint density at radius 1 is 1.32 bits per heavy atom. The summed E-state index contributed by atoms with van der Waals surface area (Å²) in [5.41, 5.74) is 8.15. The lowest BCUT2D eigenvalue weighted by molar-refractivity contribution is 0.0788. The molecule has 1 aromatic carbocycles. The molecule has 7 heteroatoms. The van der Waals surface area contributed by atoms with E-state index in [1.807, 2.05) is 61.9 Å². The Bertz CT molecular complexity index is 1000. The lowest BCUT2D eigenvalue weighted by Gasteiger charge is -2.38. The van der Waals surface area contributed by atoms with Gasteiger partial charge in [0.2, 0.25) is 0 Å². The third-order valence-corrected chi connectivity index (χ3v) is 4.68. The van der Waals surface area contributed by atoms with Gasteiger partial charge in [-0.1, -0.05) is 36.4 Å². The molecule has 2 heterocycles. The van der Waals surface area contributed by atoms with Gasteiger partial charge in [0.1, 0.15) is 17.8 Å². The number of fused-ring (bicyclic) bond motifs is 1. The van der Waals surface area contributed by atoms with Crippen LogP contribution in [-0.4, -0.2) is 42.2 Å². The van der Waals surface area contributed by atoms with Gasteiger partial charge in [-0.2, -0.15) is 0 Å². The first-order valence-electron chi connectivity index (χ1n) is 9.03. The van der Waals surface area contributed by atoms with E-state index in [0.29, 0.717) is 18.0 Å². The maximum atomic E-state index is 11.9. The van der Waals surface area contributed by atoms with Crippen LogP contribution in [0.4, 0.5) is 10.6 Å². The van der Waals surface area contributed by atoms with Crippen molar-refractivity contribution in [2.75, 3.05) is 5.73 Å². The molecular weight excluding hydrogens is 354 g/mol. The molecular formula is C21H25N5O2. The Morgan fingerprint density at radius 2 is 2.00 bits per heavy atom. The Morgan fingerprint density at radius 3 is 2.57 bits per heavy atom. The average molecular weight is 379 g/mol. The van der Waals surface area contributed by atoms with Crippen LogP contribution in [0.5, 0.6) is 0 Å². The van der Waals surface area contributed by atoms with Gasteiger partial charge in [-0.15, -0.1) is 6.58 Å². The van der Waals surface area contributed by atoms with Gasteiger partial charge in [-0.3, -0.25) is 4.90 Å². The molecule has 0 fully saturated rings. The molecule has 3 N–H and O–H groups in total. The SMILES string of the molecule is C=C[C@@H](Cn1cc(-c2ccccc2)c2c(N)ncnc21)N(C(=O)O)C(C)(C)C. The Hall–Kier alpha value is -3.35. The quantitative estimate of drug-likeness (QED) is 0.653. The van der Waals surface area contributed by atoms with Crippen LogP contribution in [0.2, 0.25) is 0 Å². The fourth-order valence-electron chi connectivity index (χ4n) is 3.51. The number of nitrogen functional groups attached to an aromatic ring is 1. The molecule has 0 aliphatic carbocycles. The summed E-state index contributed by atoms with van der Waals surface area (Å²) in [6.45, 7) is 9.81. The molecule has 3 rings (SSSR count). The number of amides is 1. The third kappa shape index (κ3) is 3.55. The van der Waals surface area contributed by atoms with Gasteiger partial charge in [-0.25, -0.2) is 14.8 Å². The summed E-state index contributed by atoms with van der Waals surface area (Å²) in [6.07, 6.45) is 4.03. The van der Waals surface area contributed by atoms with E-state index in [0.717, 1.165) is 16.5 Å². The van der Waals surface area contributed by atoms with Crippen molar-refractivity contribution in [3.63, 3.8) is 0 Å². The van der Waals surface area contributed by atoms with Crippen molar-refractivity contribution < 1.29 is 9.90 Å². The molecule has 28 heavy (non-hydrogen) atoms. The van der Waals surface area contributed by atoms with Gasteiger partial charge in [0.25, 0.3) is 0 Å². The molecule has 0 bridgehead atoms. The van der Waals surface area contributed by atoms with E-state index in [-0.39, 0.29) is 0 Å². The Kier molecular flexibility index (Phi) is 5.09. The van der Waals surface area contributed by atoms with Crippen LogP contribution < -0.4 is 5.73 Å². The summed E-state index contributed by atoms with van der Waals surface area (Å²) in [5.74, 6) is 0.392. The monoisotopic (exact) mass is 379 g/mol. The first-order valence-corrected chi connectivity index (χ1v) is 9.03. The summed E-state index contributed by atoms with van der Waals surface area (Å²) in [4.78, 5) is 21.9. The maximum Gasteiger partial charge on any atom is 0.408 e. The zero-order valence-corrected chi connectivity index (χ0v) is 16.3. The van der Waals surface area contributed by atoms with Crippen LogP contribution in [0.3, 0.4) is 0 Å². The van der Waals surface area contributed by atoms with Crippen molar-refractivity contribution in [3.05, 3.63) is 55.5 Å². The van der Waals surface area contributed by atoms with E-state index in [9.17, 15) is 9.90 Å². The van der Waals surface area contributed by atoms with Gasteiger partial charge in [0.15, 0.2) is 0 Å². The molecule has 0 spiro atoms. The molecule has 1 atom stereocenters. The molecule has 0 aliphatic heterocycles. The number of benzene rings is 1. The fourth-order valence-corrected chi connectivity index (χ4v) is 3.51. The number of nitrogens with zero attached hydrogens (tertiary/aromatic N) is 4. The number of hydrogen-bond donors (Lipinski definition) is 2. The van der Waals surface area contributed by atoms with Crippen molar-refractivity contribution >= 4 is 22.9 Å². The predicted molar refractivity (Wildman–Crippen MR) is 111 cm³/mol. The number of carboxylic acid groups (broad SMARTS) is 1. The zero-order valence-electron chi connectivity index (χ0n) is 16.3. The van der Waals surface area contributed by atoms with Crippen LogP contribution in [0, 0.1) is 0 Å². The normalized spacial score (nSPS) is 12.7. The number of hydrogen-bond acceptors (Lipinski definition) is 4. The second-order valence-corrected chi connectivity index (χ2v) is 7.65. The minimum atomic E-state index is -0.994. The van der Waals surface area contributed by atoms with E-state index in [4.69, 9.17) is 5.73 Å². The molecule has 1 amide bonds. The number of anilines is 1. The third-order valence-electron chi connectivity index (χ3n) is 4.68. The van der Waals surface area contributed by atoms with E-state index < -0.39 is 17.7 Å². The molecule has 0 saturated heterocycles. The van der Waals surface area contributed by atoms with Gasteiger partial charge < -0.3 is 15.4 Å². The molecule has 146 valence electrons. The van der Waals surface area contributed by atoms with Crippen LogP contribution >= 0.6 is 0 Å². The van der Waals surface area contributed by atoms with Crippen LogP contribution in [0.25, 0.3) is 22.2 Å². The topological polar surface area (TPSA) is 97.3 Å². The standard InChI is InChI=1S/C21H25N5O2/c1-5-15(26(20(27)28)21(2,3)4)11-25-12-16(14-9-7-6-8-10-14)17-18(22)23-13-24-19(17)25/h5-10,12-13,15H,1,11H2,2-4H3,(H,27,28)(H2,22,23,24)/t15-/m0/s1. The molecule has 0 saturated carbocycles. The van der Waals surface area contributed by atoms with E-state index in [1.54, 1.807) is 6.08 Å². The summed E-state index contributed by atoms with van der Waals surface area (Å²) < 4.78 is 1.92. The molecule has 0 unspecified atom stereocenters. The fraction of sp³-hybridized carbons (Fsp3) is 0.286. The van der Waals surface area contributed by atoms with Gasteiger partial charge in [0.05, 0.1) is 11.4 Å². The van der Waals surface area contributed by atoms with Gasteiger partial charge in [-0.05, 0) is 26.3 Å².